The van der Waals surface area contributed by atoms with Crippen molar-refractivity contribution in [2.75, 3.05) is 18.0 Å². The molecule has 0 heterocycles. The third-order valence-electron chi connectivity index (χ3n) is 4.88. The maximum atomic E-state index is 12.5. The molecular weight excluding hydrogens is 422 g/mol. The standard InChI is InChI=1S/C25H35N3O5/c1-18(2)16-27(20-11-13-21(14-12-20)28(31)32)17-23(29)22(15-19-9-7-6-8-10-19)26-24(30)33-25(3,4)5/h6-14,18,22-23,29H,15-17H2,1-5H3,(H,26,30)/t22-,23+/m0/s1. The van der Waals surface area contributed by atoms with Gasteiger partial charge >= 0.3 is 6.09 Å². The Balaban J connectivity index is 2.23. The van der Waals surface area contributed by atoms with E-state index in [-0.39, 0.29) is 12.2 Å². The Labute approximate surface area is 195 Å². The molecule has 1 amide bonds. The Morgan fingerprint density at radius 3 is 2.21 bits per heavy atom. The van der Waals surface area contributed by atoms with Crippen molar-refractivity contribution in [3.63, 3.8) is 0 Å². The lowest BCUT2D eigenvalue weighted by atomic mass is 10.00. The minimum atomic E-state index is -0.910. The minimum Gasteiger partial charge on any atom is -0.444 e. The average Bonchev–Trinajstić information content (AvgIpc) is 2.72. The number of nitrogens with one attached hydrogen (secondary N) is 1. The summed E-state index contributed by atoms with van der Waals surface area (Å²) in [5.41, 5.74) is 1.10. The normalized spacial score (nSPS) is 13.3. The number of hydrogen-bond donors (Lipinski definition) is 2. The lowest BCUT2D eigenvalue weighted by molar-refractivity contribution is -0.384. The van der Waals surface area contributed by atoms with Gasteiger partial charge in [0.1, 0.15) is 5.60 Å². The molecule has 0 unspecified atom stereocenters. The molecule has 0 fully saturated rings. The summed E-state index contributed by atoms with van der Waals surface area (Å²) in [4.78, 5) is 25.0. The molecule has 2 atom stereocenters. The molecule has 180 valence electrons. The van der Waals surface area contributed by atoms with Crippen LogP contribution in [0.15, 0.2) is 54.6 Å². The monoisotopic (exact) mass is 457 g/mol. The topological polar surface area (TPSA) is 105 Å². The Bertz CT molecular complexity index is 895. The molecule has 0 saturated carbocycles. The van der Waals surface area contributed by atoms with E-state index in [1.54, 1.807) is 32.9 Å². The van der Waals surface area contributed by atoms with Crippen molar-refractivity contribution in [3.05, 3.63) is 70.3 Å². The average molecular weight is 458 g/mol. The van der Waals surface area contributed by atoms with Gasteiger partial charge in [0.05, 0.1) is 17.1 Å². The number of alkyl carbamates (subject to hydrolysis) is 1. The van der Waals surface area contributed by atoms with Crippen molar-refractivity contribution in [2.24, 2.45) is 5.92 Å². The highest BCUT2D eigenvalue weighted by atomic mass is 16.6. The molecule has 0 bridgehead atoms. The van der Waals surface area contributed by atoms with Gasteiger partial charge < -0.3 is 20.1 Å². The van der Waals surface area contributed by atoms with Crippen LogP contribution < -0.4 is 10.2 Å². The maximum Gasteiger partial charge on any atom is 0.407 e. The number of amides is 1. The van der Waals surface area contributed by atoms with Crippen molar-refractivity contribution in [1.29, 1.82) is 0 Å². The minimum absolute atomic E-state index is 0.0114. The molecule has 0 saturated heterocycles. The fraction of sp³-hybridized carbons (Fsp3) is 0.480. The second-order valence-electron chi connectivity index (χ2n) is 9.58. The van der Waals surface area contributed by atoms with Crippen molar-refractivity contribution in [3.8, 4) is 0 Å². The molecule has 8 heteroatoms. The number of anilines is 1. The van der Waals surface area contributed by atoms with Crippen molar-refractivity contribution in [1.82, 2.24) is 5.32 Å². The van der Waals surface area contributed by atoms with Gasteiger partial charge in [-0.2, -0.15) is 0 Å². The quantitative estimate of drug-likeness (QED) is 0.400. The van der Waals surface area contributed by atoms with Gasteiger partial charge in [-0.15, -0.1) is 0 Å². The predicted molar refractivity (Wildman–Crippen MR) is 129 cm³/mol. The Morgan fingerprint density at radius 2 is 1.70 bits per heavy atom. The zero-order valence-electron chi connectivity index (χ0n) is 20.0. The predicted octanol–water partition coefficient (Wildman–Crippen LogP) is 4.55. The molecule has 2 rings (SSSR count). The number of benzene rings is 2. The number of carbonyl (C=O) groups is 1. The zero-order valence-corrected chi connectivity index (χ0v) is 20.0. The lowest BCUT2D eigenvalue weighted by Gasteiger charge is -2.33. The Kier molecular flexibility index (Phi) is 9.22. The molecule has 2 N–H and O–H groups in total. The van der Waals surface area contributed by atoms with Crippen LogP contribution in [0.4, 0.5) is 16.2 Å². The van der Waals surface area contributed by atoms with Crippen LogP contribution >= 0.6 is 0 Å². The Morgan fingerprint density at radius 1 is 1.09 bits per heavy atom. The molecule has 0 radical (unpaired) electrons. The van der Waals surface area contributed by atoms with Gasteiger partial charge in [0.2, 0.25) is 0 Å². The van der Waals surface area contributed by atoms with Gasteiger partial charge in [0.25, 0.3) is 5.69 Å². The number of nitro benzene ring substituents is 1. The molecule has 0 spiro atoms. The molecule has 0 aromatic heterocycles. The van der Waals surface area contributed by atoms with Crippen molar-refractivity contribution >= 4 is 17.5 Å². The van der Waals surface area contributed by atoms with Gasteiger partial charge in [-0.1, -0.05) is 44.2 Å². The summed E-state index contributed by atoms with van der Waals surface area (Å²) in [6.07, 6.45) is -1.07. The van der Waals surface area contributed by atoms with Crippen LogP contribution in [-0.2, 0) is 11.2 Å². The highest BCUT2D eigenvalue weighted by molar-refractivity contribution is 5.68. The first-order valence-electron chi connectivity index (χ1n) is 11.2. The third kappa shape index (κ3) is 9.10. The second-order valence-corrected chi connectivity index (χ2v) is 9.58. The summed E-state index contributed by atoms with van der Waals surface area (Å²) in [5.74, 6) is 0.291. The number of carbonyl (C=O) groups excluding carboxylic acids is 1. The maximum absolute atomic E-state index is 12.5. The van der Waals surface area contributed by atoms with E-state index in [9.17, 15) is 20.0 Å². The summed E-state index contributed by atoms with van der Waals surface area (Å²) in [5, 5.41) is 25.0. The summed E-state index contributed by atoms with van der Waals surface area (Å²) in [6, 6.07) is 15.3. The van der Waals surface area contributed by atoms with E-state index in [4.69, 9.17) is 4.74 Å². The summed E-state index contributed by atoms with van der Waals surface area (Å²) in [6.45, 7) is 10.4. The van der Waals surface area contributed by atoms with Crippen LogP contribution in [0.25, 0.3) is 0 Å². The molecule has 0 aliphatic heterocycles. The molecule has 2 aromatic carbocycles. The van der Waals surface area contributed by atoms with Gasteiger partial charge in [-0.05, 0) is 50.8 Å². The first kappa shape index (κ1) is 26.1. The number of aliphatic hydroxyl groups is 1. The Hall–Kier alpha value is -3.13. The molecule has 33 heavy (non-hydrogen) atoms. The molecule has 8 nitrogen and oxygen atoms in total. The van der Waals surface area contributed by atoms with Crippen LogP contribution in [0.5, 0.6) is 0 Å². The summed E-state index contributed by atoms with van der Waals surface area (Å²) in [7, 11) is 0. The highest BCUT2D eigenvalue weighted by Gasteiger charge is 2.27. The second kappa shape index (κ2) is 11.7. The van der Waals surface area contributed by atoms with Crippen molar-refractivity contribution < 1.29 is 19.6 Å². The molecule has 0 aliphatic carbocycles. The van der Waals surface area contributed by atoms with Gasteiger partial charge in [0, 0.05) is 30.9 Å². The van der Waals surface area contributed by atoms with Crippen molar-refractivity contribution in [2.45, 2.75) is 58.8 Å². The number of hydrogen-bond acceptors (Lipinski definition) is 6. The van der Waals surface area contributed by atoms with Gasteiger partial charge in [0.15, 0.2) is 0 Å². The van der Waals surface area contributed by atoms with E-state index in [1.165, 1.54) is 12.1 Å². The number of rotatable bonds is 10. The fourth-order valence-corrected chi connectivity index (χ4v) is 3.47. The molecule has 0 aliphatic rings. The molecule has 2 aromatic rings. The van der Waals surface area contributed by atoms with E-state index < -0.39 is 28.8 Å². The van der Waals surface area contributed by atoms with Gasteiger partial charge in [-0.25, -0.2) is 4.79 Å². The van der Waals surface area contributed by atoms with Crippen LogP contribution in [0, 0.1) is 16.0 Å². The van der Waals surface area contributed by atoms with E-state index in [0.717, 1.165) is 11.3 Å². The van der Waals surface area contributed by atoms with E-state index in [0.29, 0.717) is 18.9 Å². The summed E-state index contributed by atoms with van der Waals surface area (Å²) >= 11 is 0. The van der Waals surface area contributed by atoms with E-state index in [1.807, 2.05) is 35.2 Å². The SMILES string of the molecule is CC(C)CN(C[C@@H](O)[C@H](Cc1ccccc1)NC(=O)OC(C)(C)C)c1ccc([N+](=O)[O-])cc1. The third-order valence-corrected chi connectivity index (χ3v) is 4.88. The van der Waals surface area contributed by atoms with E-state index >= 15 is 0 Å². The lowest BCUT2D eigenvalue weighted by Crippen LogP contribution is -2.51. The van der Waals surface area contributed by atoms with Crippen LogP contribution in [-0.4, -0.2) is 47.0 Å². The smallest absolute Gasteiger partial charge is 0.407 e. The van der Waals surface area contributed by atoms with Crippen LogP contribution in [0.1, 0.15) is 40.2 Å². The van der Waals surface area contributed by atoms with Crippen LogP contribution in [0.2, 0.25) is 0 Å². The first-order valence-corrected chi connectivity index (χ1v) is 11.2. The number of nitro groups is 1. The first-order chi connectivity index (χ1) is 15.4. The molecular formula is C25H35N3O5. The number of aliphatic hydroxyl groups excluding tert-OH is 1. The fourth-order valence-electron chi connectivity index (χ4n) is 3.47. The highest BCUT2D eigenvalue weighted by Crippen LogP contribution is 2.22. The van der Waals surface area contributed by atoms with Gasteiger partial charge in [-0.3, -0.25) is 10.1 Å². The van der Waals surface area contributed by atoms with Crippen LogP contribution in [0.3, 0.4) is 0 Å². The number of ether oxygens (including phenoxy) is 1. The summed E-state index contributed by atoms with van der Waals surface area (Å²) < 4.78 is 5.41. The zero-order chi connectivity index (χ0) is 24.6. The number of non-ortho nitro benzene ring substituents is 1. The van der Waals surface area contributed by atoms with E-state index in [2.05, 4.69) is 19.2 Å². The largest absolute Gasteiger partial charge is 0.444 e. The number of nitrogens with zero attached hydrogens (tertiary/aromatic N) is 2.